The van der Waals surface area contributed by atoms with Crippen LogP contribution in [0, 0.1) is 0 Å². The minimum Gasteiger partial charge on any atom is -0.507 e. The molecule has 0 radical (unpaired) electrons. The van der Waals surface area contributed by atoms with Crippen LogP contribution in [-0.2, 0) is 0 Å². The van der Waals surface area contributed by atoms with Gasteiger partial charge in [-0.25, -0.2) is 0 Å². The molecule has 0 heterocycles. The topological polar surface area (TPSA) is 32.7 Å². The number of alkyl halides is 3. The van der Waals surface area contributed by atoms with E-state index in [1.165, 1.54) is 20.2 Å². The number of aromatic hydroxyl groups is 1. The van der Waals surface area contributed by atoms with E-state index in [4.69, 9.17) is 4.74 Å². The Labute approximate surface area is 104 Å². The quantitative estimate of drug-likeness (QED) is 0.906. The third-order valence-electron chi connectivity index (χ3n) is 2.78. The van der Waals surface area contributed by atoms with Gasteiger partial charge in [0.1, 0.15) is 11.5 Å². The predicted molar refractivity (Wildman–Crippen MR) is 61.8 cm³/mol. The molecule has 0 aliphatic carbocycles. The Balaban J connectivity index is 2.86. The molecule has 0 aliphatic heterocycles. The van der Waals surface area contributed by atoms with Crippen LogP contribution < -0.4 is 4.74 Å². The van der Waals surface area contributed by atoms with Gasteiger partial charge in [0.2, 0.25) is 0 Å². The van der Waals surface area contributed by atoms with Crippen LogP contribution in [0.15, 0.2) is 18.2 Å². The summed E-state index contributed by atoms with van der Waals surface area (Å²) in [4.78, 5) is 1.13. The van der Waals surface area contributed by atoms with E-state index >= 15 is 0 Å². The minimum atomic E-state index is -4.26. The number of methoxy groups -OCH3 is 1. The molecule has 1 N–H and O–H groups in total. The number of benzene rings is 1. The molecule has 0 fully saturated rings. The van der Waals surface area contributed by atoms with Crippen LogP contribution in [0.2, 0.25) is 0 Å². The zero-order valence-electron chi connectivity index (χ0n) is 10.5. The molecular weight excluding hydrogens is 247 g/mol. The van der Waals surface area contributed by atoms with Gasteiger partial charge in [-0.3, -0.25) is 4.90 Å². The normalized spacial score (nSPS) is 13.7. The second kappa shape index (κ2) is 5.48. The van der Waals surface area contributed by atoms with Crippen molar-refractivity contribution in [1.29, 1.82) is 0 Å². The SMILES string of the molecule is COc1ccc(C(C)N(C)CC(F)(F)F)c(O)c1. The molecule has 1 atom stereocenters. The molecule has 0 spiro atoms. The Morgan fingerprint density at radius 3 is 2.44 bits per heavy atom. The van der Waals surface area contributed by atoms with Crippen molar-refractivity contribution in [2.45, 2.75) is 19.1 Å². The van der Waals surface area contributed by atoms with Crippen molar-refractivity contribution < 1.29 is 23.0 Å². The molecule has 1 unspecified atom stereocenters. The maximum atomic E-state index is 12.3. The van der Waals surface area contributed by atoms with E-state index in [0.29, 0.717) is 11.3 Å². The second-order valence-electron chi connectivity index (χ2n) is 4.13. The van der Waals surface area contributed by atoms with Crippen molar-refractivity contribution >= 4 is 0 Å². The van der Waals surface area contributed by atoms with Gasteiger partial charge in [-0.15, -0.1) is 0 Å². The van der Waals surface area contributed by atoms with Gasteiger partial charge < -0.3 is 9.84 Å². The summed E-state index contributed by atoms with van der Waals surface area (Å²) in [6.07, 6.45) is -4.26. The van der Waals surface area contributed by atoms with Gasteiger partial charge in [-0.1, -0.05) is 6.07 Å². The lowest BCUT2D eigenvalue weighted by Gasteiger charge is -2.26. The standard InChI is InChI=1S/C12H16F3NO2/c1-8(16(2)7-12(13,14)15)10-5-4-9(18-3)6-11(10)17/h4-6,8,17H,7H2,1-3H3. The number of halogens is 3. The third kappa shape index (κ3) is 3.80. The molecule has 1 aromatic rings. The summed E-state index contributed by atoms with van der Waals surface area (Å²) in [6, 6.07) is 4.00. The van der Waals surface area contributed by atoms with Gasteiger partial charge in [0, 0.05) is 17.7 Å². The number of hydrogen-bond acceptors (Lipinski definition) is 3. The van der Waals surface area contributed by atoms with E-state index in [0.717, 1.165) is 4.90 Å². The third-order valence-corrected chi connectivity index (χ3v) is 2.78. The minimum absolute atomic E-state index is 0.0733. The Hall–Kier alpha value is -1.43. The Bertz CT molecular complexity index is 407. The van der Waals surface area contributed by atoms with Crippen LogP contribution in [-0.4, -0.2) is 36.9 Å². The molecule has 0 bridgehead atoms. The van der Waals surface area contributed by atoms with E-state index in [2.05, 4.69) is 0 Å². The molecule has 6 heteroatoms. The number of nitrogens with zero attached hydrogens (tertiary/aromatic N) is 1. The second-order valence-corrected chi connectivity index (χ2v) is 4.13. The molecule has 1 aromatic carbocycles. The number of phenols is 1. The summed E-state index contributed by atoms with van der Waals surface area (Å²) in [5.74, 6) is 0.387. The zero-order chi connectivity index (χ0) is 13.9. The van der Waals surface area contributed by atoms with Crippen molar-refractivity contribution in [3.63, 3.8) is 0 Å². The lowest BCUT2D eigenvalue weighted by Crippen LogP contribution is -2.33. The summed E-state index contributed by atoms with van der Waals surface area (Å²) in [5.41, 5.74) is 0.433. The summed E-state index contributed by atoms with van der Waals surface area (Å²) in [6.45, 7) is 0.576. The van der Waals surface area contributed by atoms with Crippen LogP contribution >= 0.6 is 0 Å². The number of hydrogen-bond donors (Lipinski definition) is 1. The summed E-state index contributed by atoms with van der Waals surface area (Å²) in [7, 11) is 2.81. The monoisotopic (exact) mass is 263 g/mol. The molecule has 0 aliphatic rings. The van der Waals surface area contributed by atoms with Crippen LogP contribution in [0.5, 0.6) is 11.5 Å². The van der Waals surface area contributed by atoms with Gasteiger partial charge in [0.05, 0.1) is 13.7 Å². The molecule has 0 amide bonds. The van der Waals surface area contributed by atoms with E-state index in [1.54, 1.807) is 19.1 Å². The van der Waals surface area contributed by atoms with Gasteiger partial charge in [-0.2, -0.15) is 13.2 Å². The molecular formula is C12H16F3NO2. The van der Waals surface area contributed by atoms with E-state index in [-0.39, 0.29) is 5.75 Å². The fourth-order valence-corrected chi connectivity index (χ4v) is 1.66. The van der Waals surface area contributed by atoms with E-state index in [1.807, 2.05) is 0 Å². The highest BCUT2D eigenvalue weighted by molar-refractivity contribution is 5.41. The van der Waals surface area contributed by atoms with Crippen LogP contribution in [0.1, 0.15) is 18.5 Å². The summed E-state index contributed by atoms with van der Waals surface area (Å²) >= 11 is 0. The molecule has 0 saturated heterocycles. The lowest BCUT2D eigenvalue weighted by molar-refractivity contribution is -0.147. The first-order valence-corrected chi connectivity index (χ1v) is 5.38. The zero-order valence-corrected chi connectivity index (χ0v) is 10.5. The Kier molecular flexibility index (Phi) is 4.45. The van der Waals surface area contributed by atoms with Gasteiger partial charge in [-0.05, 0) is 20.0 Å². The maximum Gasteiger partial charge on any atom is 0.401 e. The average molecular weight is 263 g/mol. The van der Waals surface area contributed by atoms with Crippen molar-refractivity contribution in [3.05, 3.63) is 23.8 Å². The number of ether oxygens (including phenoxy) is 1. The fraction of sp³-hybridized carbons (Fsp3) is 0.500. The maximum absolute atomic E-state index is 12.3. The van der Waals surface area contributed by atoms with Crippen molar-refractivity contribution in [2.75, 3.05) is 20.7 Å². The fourth-order valence-electron chi connectivity index (χ4n) is 1.66. The highest BCUT2D eigenvalue weighted by Crippen LogP contribution is 2.32. The highest BCUT2D eigenvalue weighted by Gasteiger charge is 2.31. The molecule has 0 aromatic heterocycles. The number of phenolic OH excluding ortho intramolecular Hbond substituents is 1. The Morgan fingerprint density at radius 1 is 1.39 bits per heavy atom. The molecule has 18 heavy (non-hydrogen) atoms. The first-order valence-electron chi connectivity index (χ1n) is 5.38. The average Bonchev–Trinajstić information content (AvgIpc) is 2.25. The van der Waals surface area contributed by atoms with E-state index in [9.17, 15) is 18.3 Å². The predicted octanol–water partition coefficient (Wildman–Crippen LogP) is 2.96. The van der Waals surface area contributed by atoms with Crippen molar-refractivity contribution in [3.8, 4) is 11.5 Å². The number of rotatable bonds is 4. The van der Waals surface area contributed by atoms with Crippen molar-refractivity contribution in [1.82, 2.24) is 4.90 Å². The lowest BCUT2D eigenvalue weighted by atomic mass is 10.1. The summed E-state index contributed by atoms with van der Waals surface area (Å²) in [5, 5.41) is 9.75. The smallest absolute Gasteiger partial charge is 0.401 e. The molecule has 0 saturated carbocycles. The first kappa shape index (κ1) is 14.6. The van der Waals surface area contributed by atoms with Crippen LogP contribution in [0.25, 0.3) is 0 Å². The molecule has 1 rings (SSSR count). The van der Waals surface area contributed by atoms with E-state index < -0.39 is 18.8 Å². The van der Waals surface area contributed by atoms with Gasteiger partial charge >= 0.3 is 6.18 Å². The van der Waals surface area contributed by atoms with Gasteiger partial charge in [0.25, 0.3) is 0 Å². The largest absolute Gasteiger partial charge is 0.507 e. The highest BCUT2D eigenvalue weighted by atomic mass is 19.4. The first-order chi connectivity index (χ1) is 8.24. The van der Waals surface area contributed by atoms with Crippen molar-refractivity contribution in [2.24, 2.45) is 0 Å². The van der Waals surface area contributed by atoms with Gasteiger partial charge in [0.15, 0.2) is 0 Å². The molecule has 102 valence electrons. The van der Waals surface area contributed by atoms with Crippen LogP contribution in [0.4, 0.5) is 13.2 Å². The summed E-state index contributed by atoms with van der Waals surface area (Å²) < 4.78 is 41.7. The molecule has 3 nitrogen and oxygen atoms in total. The Morgan fingerprint density at radius 2 is 2.00 bits per heavy atom. The van der Waals surface area contributed by atoms with Crippen LogP contribution in [0.3, 0.4) is 0 Å².